The standard InChI is InChI=1S/C22H43NO7S.H2/c1-20(2)21(24)29-17-13-11-9-7-6-8-10-12-14-18-30-22(25)23-16-15-19-31(26-3,27-4)28-5;/h1,6-19H2,2-5H3,(H,23,25);1H. The van der Waals surface area contributed by atoms with E-state index in [0.717, 1.165) is 38.5 Å². The third kappa shape index (κ3) is 16.1. The van der Waals surface area contributed by atoms with Crippen molar-refractivity contribution in [2.45, 2.75) is 71.1 Å². The van der Waals surface area contributed by atoms with Crippen LogP contribution in [0, 0.1) is 0 Å². The van der Waals surface area contributed by atoms with Gasteiger partial charge in [0.1, 0.15) is 0 Å². The van der Waals surface area contributed by atoms with Gasteiger partial charge in [0.25, 0.3) is 0 Å². The van der Waals surface area contributed by atoms with Gasteiger partial charge in [-0.25, -0.2) is 9.59 Å². The number of alkyl carbamates (subject to hydrolysis) is 1. The van der Waals surface area contributed by atoms with Crippen LogP contribution >= 0.6 is 10.9 Å². The van der Waals surface area contributed by atoms with E-state index >= 15 is 0 Å². The van der Waals surface area contributed by atoms with Gasteiger partial charge in [-0.1, -0.05) is 51.5 Å². The van der Waals surface area contributed by atoms with Crippen molar-refractivity contribution < 1.29 is 33.0 Å². The molecular formula is C22H45NO7S. The Kier molecular flexibility index (Phi) is 18.6. The first-order chi connectivity index (χ1) is 14.9. The normalized spacial score (nSPS) is 11.7. The first-order valence-electron chi connectivity index (χ1n) is 11.1. The summed E-state index contributed by atoms with van der Waals surface area (Å²) in [6.07, 6.45) is 10.1. The lowest BCUT2D eigenvalue weighted by atomic mass is 10.1. The summed E-state index contributed by atoms with van der Waals surface area (Å²) in [5.41, 5.74) is 0.450. The Labute approximate surface area is 191 Å². The summed E-state index contributed by atoms with van der Waals surface area (Å²) in [5.74, 6) is 0.281. The van der Waals surface area contributed by atoms with E-state index in [1.165, 1.54) is 19.3 Å². The minimum Gasteiger partial charge on any atom is -0.462 e. The first kappa shape index (κ1) is 29.7. The van der Waals surface area contributed by atoms with Crippen molar-refractivity contribution in [3.05, 3.63) is 12.2 Å². The van der Waals surface area contributed by atoms with Crippen LogP contribution in [0.25, 0.3) is 0 Å². The van der Waals surface area contributed by atoms with Gasteiger partial charge in [0.15, 0.2) is 0 Å². The van der Waals surface area contributed by atoms with Gasteiger partial charge in [-0.15, -0.1) is 0 Å². The number of esters is 1. The predicted molar refractivity (Wildman–Crippen MR) is 127 cm³/mol. The Morgan fingerprint density at radius 2 is 1.23 bits per heavy atom. The molecule has 0 atom stereocenters. The number of ether oxygens (including phenoxy) is 2. The van der Waals surface area contributed by atoms with Crippen LogP contribution in [-0.2, 0) is 26.8 Å². The van der Waals surface area contributed by atoms with Crippen LogP contribution in [0.5, 0.6) is 0 Å². The highest BCUT2D eigenvalue weighted by Crippen LogP contribution is 2.49. The zero-order valence-corrected chi connectivity index (χ0v) is 20.7. The monoisotopic (exact) mass is 467 g/mol. The lowest BCUT2D eigenvalue weighted by Gasteiger charge is -2.33. The average molecular weight is 468 g/mol. The molecule has 0 radical (unpaired) electrons. The van der Waals surface area contributed by atoms with Crippen LogP contribution in [0.4, 0.5) is 4.79 Å². The van der Waals surface area contributed by atoms with Crippen LogP contribution in [0.2, 0.25) is 0 Å². The van der Waals surface area contributed by atoms with Crippen molar-refractivity contribution in [3.63, 3.8) is 0 Å². The fourth-order valence-corrected chi connectivity index (χ4v) is 4.25. The van der Waals surface area contributed by atoms with Crippen molar-refractivity contribution in [3.8, 4) is 0 Å². The average Bonchev–Trinajstić information content (AvgIpc) is 2.77. The Bertz CT molecular complexity index is 496. The molecule has 0 heterocycles. The molecule has 0 fully saturated rings. The number of carbonyl (C=O) groups is 2. The largest absolute Gasteiger partial charge is 0.462 e. The number of nitrogens with one attached hydrogen (secondary N) is 1. The first-order valence-corrected chi connectivity index (χ1v) is 12.7. The molecule has 0 aromatic rings. The summed E-state index contributed by atoms with van der Waals surface area (Å²) in [6, 6.07) is 0. The SMILES string of the molecule is C=C(C)C(=O)OCCCCCCCCCCCOC(=O)NCCCS(OC)(OC)OC.[HH]. The fourth-order valence-electron chi connectivity index (χ4n) is 2.84. The highest BCUT2D eigenvalue weighted by Gasteiger charge is 2.22. The zero-order valence-electron chi connectivity index (χ0n) is 19.9. The van der Waals surface area contributed by atoms with Crippen LogP contribution in [0.3, 0.4) is 0 Å². The molecular weight excluding hydrogens is 422 g/mol. The van der Waals surface area contributed by atoms with E-state index in [2.05, 4.69) is 11.9 Å². The molecule has 186 valence electrons. The quantitative estimate of drug-likeness (QED) is 0.144. The van der Waals surface area contributed by atoms with E-state index in [4.69, 9.17) is 22.0 Å². The topological polar surface area (TPSA) is 92.3 Å². The molecule has 9 heteroatoms. The van der Waals surface area contributed by atoms with E-state index in [-0.39, 0.29) is 13.5 Å². The molecule has 0 unspecified atom stereocenters. The molecule has 8 nitrogen and oxygen atoms in total. The van der Waals surface area contributed by atoms with Gasteiger partial charge in [-0.2, -0.15) is 0 Å². The smallest absolute Gasteiger partial charge is 0.407 e. The Morgan fingerprint density at radius 3 is 1.68 bits per heavy atom. The van der Waals surface area contributed by atoms with Gasteiger partial charge in [-0.3, -0.25) is 12.5 Å². The maximum absolute atomic E-state index is 11.7. The third-order valence-corrected chi connectivity index (χ3v) is 7.02. The number of hydrogen-bond acceptors (Lipinski definition) is 7. The molecule has 0 aromatic heterocycles. The summed E-state index contributed by atoms with van der Waals surface area (Å²) in [5, 5.41) is 2.73. The van der Waals surface area contributed by atoms with Crippen LogP contribution in [-0.4, -0.2) is 58.9 Å². The molecule has 0 aromatic carbocycles. The highest BCUT2D eigenvalue weighted by atomic mass is 32.3. The summed E-state index contributed by atoms with van der Waals surface area (Å²) in [7, 11) is 2.69. The Hall–Kier alpha value is -1.29. The zero-order chi connectivity index (χ0) is 23.4. The fraction of sp³-hybridized carbons (Fsp3) is 0.818. The van der Waals surface area contributed by atoms with Crippen LogP contribution in [0.1, 0.15) is 72.6 Å². The van der Waals surface area contributed by atoms with Crippen molar-refractivity contribution in [2.24, 2.45) is 0 Å². The molecule has 0 aliphatic heterocycles. The van der Waals surface area contributed by atoms with E-state index in [0.29, 0.717) is 37.5 Å². The molecule has 0 spiro atoms. The molecule has 1 N–H and O–H groups in total. The Morgan fingerprint density at radius 1 is 0.774 bits per heavy atom. The number of carbonyl (C=O) groups excluding carboxylic acids is 2. The second kappa shape index (κ2) is 19.4. The lowest BCUT2D eigenvalue weighted by Crippen LogP contribution is -2.27. The second-order valence-electron chi connectivity index (χ2n) is 7.28. The lowest BCUT2D eigenvalue weighted by molar-refractivity contribution is -0.139. The van der Waals surface area contributed by atoms with Gasteiger partial charge in [0.05, 0.1) is 45.4 Å². The minimum absolute atomic E-state index is 0. The van der Waals surface area contributed by atoms with Gasteiger partial charge in [0.2, 0.25) is 0 Å². The van der Waals surface area contributed by atoms with E-state index < -0.39 is 10.9 Å². The molecule has 0 aliphatic carbocycles. The van der Waals surface area contributed by atoms with Crippen molar-refractivity contribution in [2.75, 3.05) is 46.8 Å². The summed E-state index contributed by atoms with van der Waals surface area (Å²) < 4.78 is 26.1. The van der Waals surface area contributed by atoms with Gasteiger partial charge in [-0.05, 0) is 26.2 Å². The maximum Gasteiger partial charge on any atom is 0.407 e. The number of rotatable bonds is 20. The molecule has 0 saturated heterocycles. The maximum atomic E-state index is 11.7. The van der Waals surface area contributed by atoms with Gasteiger partial charge >= 0.3 is 12.1 Å². The molecule has 0 aliphatic rings. The number of amides is 1. The second-order valence-corrected chi connectivity index (χ2v) is 9.80. The van der Waals surface area contributed by atoms with Crippen molar-refractivity contribution >= 4 is 22.9 Å². The molecule has 0 bridgehead atoms. The summed E-state index contributed by atoms with van der Waals surface area (Å²) >= 11 is 0. The number of unbranched alkanes of at least 4 members (excludes halogenated alkanes) is 8. The van der Waals surface area contributed by atoms with Gasteiger partial charge < -0.3 is 14.8 Å². The molecule has 0 rings (SSSR count). The van der Waals surface area contributed by atoms with E-state index in [1.54, 1.807) is 28.3 Å². The molecule has 31 heavy (non-hydrogen) atoms. The van der Waals surface area contributed by atoms with Gasteiger partial charge in [0, 0.05) is 19.3 Å². The molecule has 1 amide bonds. The van der Waals surface area contributed by atoms with E-state index in [1.807, 2.05) is 0 Å². The third-order valence-electron chi connectivity index (χ3n) is 4.71. The Balaban J connectivity index is 0. The van der Waals surface area contributed by atoms with Crippen molar-refractivity contribution in [1.29, 1.82) is 0 Å². The van der Waals surface area contributed by atoms with Crippen LogP contribution < -0.4 is 5.32 Å². The molecule has 0 saturated carbocycles. The minimum atomic E-state index is -1.97. The van der Waals surface area contributed by atoms with Crippen LogP contribution in [0.15, 0.2) is 12.2 Å². The van der Waals surface area contributed by atoms with E-state index in [9.17, 15) is 9.59 Å². The summed E-state index contributed by atoms with van der Waals surface area (Å²) in [6.45, 7) is 6.62. The number of hydrogen-bond donors (Lipinski definition) is 1. The van der Waals surface area contributed by atoms with Crippen molar-refractivity contribution in [1.82, 2.24) is 5.32 Å². The summed E-state index contributed by atoms with van der Waals surface area (Å²) in [4.78, 5) is 22.9. The predicted octanol–water partition coefficient (Wildman–Crippen LogP) is 5.47. The highest BCUT2D eigenvalue weighted by molar-refractivity contribution is 8.21.